The van der Waals surface area contributed by atoms with Gasteiger partial charge in [-0.05, 0) is 32.3 Å². The molecule has 0 aromatic heterocycles. The smallest absolute Gasteiger partial charge is 0.128 e. The van der Waals surface area contributed by atoms with E-state index in [1.165, 1.54) is 19.3 Å². The van der Waals surface area contributed by atoms with Crippen molar-refractivity contribution < 1.29 is 5.11 Å². The minimum atomic E-state index is 0.233. The van der Waals surface area contributed by atoms with E-state index in [0.717, 1.165) is 22.9 Å². The topological polar surface area (TPSA) is 23.5 Å². The van der Waals surface area contributed by atoms with Crippen molar-refractivity contribution in [3.05, 3.63) is 42.0 Å². The van der Waals surface area contributed by atoms with Crippen molar-refractivity contribution in [2.24, 2.45) is 0 Å². The first-order valence-electron chi connectivity index (χ1n) is 7.56. The molecule has 0 saturated heterocycles. The molecule has 2 aromatic carbocycles. The van der Waals surface area contributed by atoms with Crippen LogP contribution in [0.3, 0.4) is 0 Å². The molecule has 20 heavy (non-hydrogen) atoms. The third-order valence-electron chi connectivity index (χ3n) is 4.16. The number of aromatic hydroxyl groups is 1. The molecular weight excluding hydrogens is 246 g/mol. The molecular formula is C18H25NO. The van der Waals surface area contributed by atoms with Crippen LogP contribution in [-0.4, -0.2) is 23.6 Å². The van der Waals surface area contributed by atoms with Crippen molar-refractivity contribution in [3.8, 4) is 5.75 Å². The van der Waals surface area contributed by atoms with E-state index in [2.05, 4.69) is 37.9 Å². The number of nitrogens with zero attached hydrogens (tertiary/aromatic N) is 1. The van der Waals surface area contributed by atoms with Crippen LogP contribution in [0.4, 0.5) is 0 Å². The number of phenols is 1. The highest BCUT2D eigenvalue weighted by molar-refractivity contribution is 5.89. The minimum Gasteiger partial charge on any atom is -0.507 e. The number of hydrogen-bond acceptors (Lipinski definition) is 2. The fourth-order valence-corrected chi connectivity index (χ4v) is 2.65. The number of fused-ring (bicyclic) bond motifs is 1. The predicted octanol–water partition coefficient (Wildman–Crippen LogP) is 4.73. The van der Waals surface area contributed by atoms with Gasteiger partial charge >= 0.3 is 0 Å². The zero-order chi connectivity index (χ0) is 14.5. The van der Waals surface area contributed by atoms with Crippen LogP contribution < -0.4 is 0 Å². The molecule has 2 heteroatoms. The Bertz CT molecular complexity index is 564. The standard InChI is InChI=1S/C18H25NO/c1-4-5-8-13-19(3)14(2)16-12-11-15-9-6-7-10-17(15)18(16)20/h6-7,9-12,14,20H,4-5,8,13H2,1-3H3. The molecule has 0 bridgehead atoms. The number of unbranched alkanes of at least 4 members (excludes halogenated alkanes) is 2. The summed E-state index contributed by atoms with van der Waals surface area (Å²) in [4.78, 5) is 2.32. The van der Waals surface area contributed by atoms with E-state index in [0.29, 0.717) is 5.75 Å². The van der Waals surface area contributed by atoms with Crippen LogP contribution in [0.2, 0.25) is 0 Å². The average molecular weight is 271 g/mol. The molecule has 0 heterocycles. The van der Waals surface area contributed by atoms with Gasteiger partial charge in [-0.1, -0.05) is 56.2 Å². The van der Waals surface area contributed by atoms with Gasteiger partial charge in [0.2, 0.25) is 0 Å². The minimum absolute atomic E-state index is 0.233. The van der Waals surface area contributed by atoms with Crippen molar-refractivity contribution in [1.29, 1.82) is 0 Å². The molecule has 108 valence electrons. The summed E-state index contributed by atoms with van der Waals surface area (Å²) >= 11 is 0. The average Bonchev–Trinajstić information content (AvgIpc) is 2.47. The molecule has 0 radical (unpaired) electrons. The van der Waals surface area contributed by atoms with E-state index in [1.54, 1.807) is 0 Å². The lowest BCUT2D eigenvalue weighted by atomic mass is 10.00. The molecule has 0 aliphatic heterocycles. The van der Waals surface area contributed by atoms with Crippen LogP contribution in [0.25, 0.3) is 10.8 Å². The zero-order valence-electron chi connectivity index (χ0n) is 12.8. The molecule has 2 rings (SSSR count). The molecule has 1 unspecified atom stereocenters. The largest absolute Gasteiger partial charge is 0.507 e. The Morgan fingerprint density at radius 2 is 1.85 bits per heavy atom. The van der Waals surface area contributed by atoms with Crippen LogP contribution in [-0.2, 0) is 0 Å². The summed E-state index contributed by atoms with van der Waals surface area (Å²) in [6.45, 7) is 5.45. The Balaban J connectivity index is 2.21. The van der Waals surface area contributed by atoms with E-state index in [-0.39, 0.29) is 6.04 Å². The molecule has 0 aliphatic rings. The summed E-state index contributed by atoms with van der Waals surface area (Å²) in [5.41, 5.74) is 1.02. The van der Waals surface area contributed by atoms with E-state index in [1.807, 2.05) is 24.3 Å². The monoisotopic (exact) mass is 271 g/mol. The molecule has 0 fully saturated rings. The second-order valence-corrected chi connectivity index (χ2v) is 5.59. The third-order valence-corrected chi connectivity index (χ3v) is 4.16. The van der Waals surface area contributed by atoms with Crippen molar-refractivity contribution in [3.63, 3.8) is 0 Å². The van der Waals surface area contributed by atoms with Gasteiger partial charge in [0.25, 0.3) is 0 Å². The second-order valence-electron chi connectivity index (χ2n) is 5.59. The highest BCUT2D eigenvalue weighted by Crippen LogP contribution is 2.34. The Morgan fingerprint density at radius 3 is 2.60 bits per heavy atom. The number of hydrogen-bond donors (Lipinski definition) is 1. The van der Waals surface area contributed by atoms with E-state index in [9.17, 15) is 5.11 Å². The van der Waals surface area contributed by atoms with Crippen molar-refractivity contribution in [1.82, 2.24) is 4.90 Å². The third kappa shape index (κ3) is 3.13. The lowest BCUT2D eigenvalue weighted by Gasteiger charge is -2.26. The van der Waals surface area contributed by atoms with Crippen molar-refractivity contribution >= 4 is 10.8 Å². The summed E-state index contributed by atoms with van der Waals surface area (Å²) in [6, 6.07) is 12.4. The van der Waals surface area contributed by atoms with E-state index >= 15 is 0 Å². The Labute approximate surface area is 122 Å². The van der Waals surface area contributed by atoms with Crippen molar-refractivity contribution in [2.45, 2.75) is 39.2 Å². The van der Waals surface area contributed by atoms with Gasteiger partial charge < -0.3 is 5.11 Å². The van der Waals surface area contributed by atoms with Crippen LogP contribution in [0.5, 0.6) is 5.75 Å². The summed E-state index contributed by atoms with van der Waals surface area (Å²) in [5, 5.41) is 12.5. The maximum Gasteiger partial charge on any atom is 0.128 e. The van der Waals surface area contributed by atoms with Crippen LogP contribution in [0.1, 0.15) is 44.7 Å². The number of rotatable bonds is 6. The Hall–Kier alpha value is -1.54. The van der Waals surface area contributed by atoms with Gasteiger partial charge in [0.1, 0.15) is 5.75 Å². The van der Waals surface area contributed by atoms with Gasteiger partial charge in [-0.15, -0.1) is 0 Å². The maximum absolute atomic E-state index is 10.5. The second kappa shape index (κ2) is 6.76. The van der Waals surface area contributed by atoms with Crippen molar-refractivity contribution in [2.75, 3.05) is 13.6 Å². The van der Waals surface area contributed by atoms with Crippen LogP contribution in [0, 0.1) is 0 Å². The quantitative estimate of drug-likeness (QED) is 0.768. The highest BCUT2D eigenvalue weighted by atomic mass is 16.3. The zero-order valence-corrected chi connectivity index (χ0v) is 12.8. The number of phenolic OH excluding ortho intramolecular Hbond substituents is 1. The highest BCUT2D eigenvalue weighted by Gasteiger charge is 2.16. The lowest BCUT2D eigenvalue weighted by molar-refractivity contribution is 0.251. The molecule has 2 nitrogen and oxygen atoms in total. The summed E-state index contributed by atoms with van der Waals surface area (Å²) in [7, 11) is 2.13. The van der Waals surface area contributed by atoms with Crippen LogP contribution in [0.15, 0.2) is 36.4 Å². The fourth-order valence-electron chi connectivity index (χ4n) is 2.65. The molecule has 0 saturated carbocycles. The van der Waals surface area contributed by atoms with E-state index in [4.69, 9.17) is 0 Å². The predicted molar refractivity (Wildman–Crippen MR) is 86.2 cm³/mol. The Kier molecular flexibility index (Phi) is 5.02. The molecule has 0 aliphatic carbocycles. The molecule has 1 N–H and O–H groups in total. The van der Waals surface area contributed by atoms with Gasteiger partial charge in [-0.3, -0.25) is 4.90 Å². The fraction of sp³-hybridized carbons (Fsp3) is 0.444. The molecule has 1 atom stereocenters. The molecule has 0 amide bonds. The first kappa shape index (κ1) is 14.9. The maximum atomic E-state index is 10.5. The summed E-state index contributed by atoms with van der Waals surface area (Å²) < 4.78 is 0. The summed E-state index contributed by atoms with van der Waals surface area (Å²) in [6.07, 6.45) is 3.72. The summed E-state index contributed by atoms with van der Waals surface area (Å²) in [5.74, 6) is 0.429. The van der Waals surface area contributed by atoms with Gasteiger partial charge in [-0.25, -0.2) is 0 Å². The molecule has 2 aromatic rings. The van der Waals surface area contributed by atoms with Crippen LogP contribution >= 0.6 is 0 Å². The Morgan fingerprint density at radius 1 is 1.10 bits per heavy atom. The number of benzene rings is 2. The van der Waals surface area contributed by atoms with Gasteiger partial charge in [-0.2, -0.15) is 0 Å². The first-order chi connectivity index (χ1) is 9.65. The van der Waals surface area contributed by atoms with Gasteiger partial charge in [0.15, 0.2) is 0 Å². The first-order valence-corrected chi connectivity index (χ1v) is 7.56. The SMILES string of the molecule is CCCCCN(C)C(C)c1ccc2ccccc2c1O. The lowest BCUT2D eigenvalue weighted by Crippen LogP contribution is -2.23. The van der Waals surface area contributed by atoms with Gasteiger partial charge in [0.05, 0.1) is 0 Å². The molecule has 0 spiro atoms. The van der Waals surface area contributed by atoms with Gasteiger partial charge in [0, 0.05) is 17.0 Å². The van der Waals surface area contributed by atoms with E-state index < -0.39 is 0 Å². The normalized spacial score (nSPS) is 13.0.